The van der Waals surface area contributed by atoms with E-state index in [2.05, 4.69) is 62.2 Å². The first-order valence-electron chi connectivity index (χ1n) is 5.04. The van der Waals surface area contributed by atoms with Crippen LogP contribution in [0.2, 0.25) is 0 Å². The van der Waals surface area contributed by atoms with Crippen molar-refractivity contribution in [1.82, 2.24) is 4.90 Å². The molecule has 0 saturated heterocycles. The summed E-state index contributed by atoms with van der Waals surface area (Å²) in [6.07, 6.45) is 2.25. The van der Waals surface area contributed by atoms with Gasteiger partial charge in [-0.1, -0.05) is 42.0 Å². The quantitative estimate of drug-likeness (QED) is 0.658. The zero-order chi connectivity index (χ0) is 10.4. The van der Waals surface area contributed by atoms with Gasteiger partial charge in [0.05, 0.1) is 0 Å². The molecule has 0 heterocycles. The van der Waals surface area contributed by atoms with E-state index in [-0.39, 0.29) is 0 Å². The first kappa shape index (κ1) is 11.0. The maximum absolute atomic E-state index is 2.31. The maximum Gasteiger partial charge on any atom is 0.0233 e. The molecule has 0 aliphatic heterocycles. The lowest BCUT2D eigenvalue weighted by molar-refractivity contribution is 0.363. The Labute approximate surface area is 87.1 Å². The molecule has 0 spiro atoms. The van der Waals surface area contributed by atoms with Gasteiger partial charge in [0, 0.05) is 13.1 Å². The molecular weight excluding hydrogens is 170 g/mol. The topological polar surface area (TPSA) is 3.24 Å². The van der Waals surface area contributed by atoms with Gasteiger partial charge >= 0.3 is 0 Å². The van der Waals surface area contributed by atoms with E-state index >= 15 is 0 Å². The molecule has 0 atom stereocenters. The van der Waals surface area contributed by atoms with Gasteiger partial charge in [-0.3, -0.25) is 4.90 Å². The number of likely N-dealkylation sites (N-methyl/N-ethyl adjacent to an activating group) is 1. The monoisotopic (exact) mass is 189 g/mol. The Balaban J connectivity index is 2.42. The molecule has 0 aliphatic carbocycles. The standard InChI is InChI=1S/C13H19N/c1-12(2)9-10-14(3)11-13-7-5-4-6-8-13/h4-9H,10-11H2,1-3H3. The number of allylic oxidation sites excluding steroid dienone is 1. The number of nitrogens with zero attached hydrogens (tertiary/aromatic N) is 1. The zero-order valence-electron chi connectivity index (χ0n) is 9.33. The van der Waals surface area contributed by atoms with Crippen LogP contribution < -0.4 is 0 Å². The SMILES string of the molecule is CC(C)=CCN(C)Cc1ccccc1. The minimum atomic E-state index is 1.02. The Hall–Kier alpha value is -1.08. The van der Waals surface area contributed by atoms with Crippen LogP contribution in [0.4, 0.5) is 0 Å². The van der Waals surface area contributed by atoms with Crippen LogP contribution in [0.5, 0.6) is 0 Å². The molecule has 1 nitrogen and oxygen atoms in total. The summed E-state index contributed by atoms with van der Waals surface area (Å²) in [5.74, 6) is 0. The van der Waals surface area contributed by atoms with Crippen molar-refractivity contribution in [2.24, 2.45) is 0 Å². The Bertz CT molecular complexity index is 283. The van der Waals surface area contributed by atoms with Gasteiger partial charge in [-0.15, -0.1) is 0 Å². The normalized spacial score (nSPS) is 10.3. The second-order valence-electron chi connectivity index (χ2n) is 3.96. The predicted octanol–water partition coefficient (Wildman–Crippen LogP) is 3.08. The van der Waals surface area contributed by atoms with E-state index in [9.17, 15) is 0 Å². The largest absolute Gasteiger partial charge is 0.298 e. The van der Waals surface area contributed by atoms with Gasteiger partial charge in [-0.25, -0.2) is 0 Å². The highest BCUT2D eigenvalue weighted by Crippen LogP contribution is 2.02. The van der Waals surface area contributed by atoms with E-state index in [1.54, 1.807) is 0 Å². The fourth-order valence-corrected chi connectivity index (χ4v) is 1.30. The highest BCUT2D eigenvalue weighted by molar-refractivity contribution is 5.14. The third-order valence-electron chi connectivity index (χ3n) is 2.11. The lowest BCUT2D eigenvalue weighted by Gasteiger charge is -2.14. The second kappa shape index (κ2) is 5.61. The average molecular weight is 189 g/mol. The van der Waals surface area contributed by atoms with Crippen LogP contribution in [-0.4, -0.2) is 18.5 Å². The molecular formula is C13H19N. The molecule has 0 unspecified atom stereocenters. The fraction of sp³-hybridized carbons (Fsp3) is 0.385. The highest BCUT2D eigenvalue weighted by Gasteiger charge is 1.96. The minimum absolute atomic E-state index is 1.02. The highest BCUT2D eigenvalue weighted by atomic mass is 15.1. The summed E-state index contributed by atoms with van der Waals surface area (Å²) in [5, 5.41) is 0. The smallest absolute Gasteiger partial charge is 0.0233 e. The van der Waals surface area contributed by atoms with Crippen LogP contribution in [-0.2, 0) is 6.54 Å². The van der Waals surface area contributed by atoms with E-state index in [1.165, 1.54) is 11.1 Å². The summed E-state index contributed by atoms with van der Waals surface area (Å²) < 4.78 is 0. The van der Waals surface area contributed by atoms with Gasteiger partial charge < -0.3 is 0 Å². The van der Waals surface area contributed by atoms with E-state index in [1.807, 2.05) is 0 Å². The summed E-state index contributed by atoms with van der Waals surface area (Å²) in [4.78, 5) is 2.31. The molecule has 1 heteroatoms. The molecule has 1 aromatic carbocycles. The Morgan fingerprint density at radius 1 is 1.21 bits per heavy atom. The third kappa shape index (κ3) is 4.24. The molecule has 14 heavy (non-hydrogen) atoms. The summed E-state index contributed by atoms with van der Waals surface area (Å²) >= 11 is 0. The molecule has 0 radical (unpaired) electrons. The van der Waals surface area contributed by atoms with Crippen LogP contribution in [0.15, 0.2) is 42.0 Å². The molecule has 0 aromatic heterocycles. The predicted molar refractivity (Wildman–Crippen MR) is 62.2 cm³/mol. The molecule has 76 valence electrons. The molecule has 0 saturated carbocycles. The van der Waals surface area contributed by atoms with Crippen molar-refractivity contribution in [3.05, 3.63) is 47.5 Å². The first-order chi connectivity index (χ1) is 6.68. The third-order valence-corrected chi connectivity index (χ3v) is 2.11. The van der Waals surface area contributed by atoms with Gasteiger partial charge in [-0.05, 0) is 26.5 Å². The summed E-state index contributed by atoms with van der Waals surface area (Å²) in [6, 6.07) is 10.6. The van der Waals surface area contributed by atoms with Crippen molar-refractivity contribution in [3.63, 3.8) is 0 Å². The van der Waals surface area contributed by atoms with Crippen LogP contribution in [0, 0.1) is 0 Å². The Morgan fingerprint density at radius 3 is 2.43 bits per heavy atom. The average Bonchev–Trinajstić information content (AvgIpc) is 2.16. The van der Waals surface area contributed by atoms with Crippen molar-refractivity contribution in [3.8, 4) is 0 Å². The van der Waals surface area contributed by atoms with Crippen LogP contribution in [0.3, 0.4) is 0 Å². The van der Waals surface area contributed by atoms with Gasteiger partial charge in [0.15, 0.2) is 0 Å². The van der Waals surface area contributed by atoms with E-state index in [0.29, 0.717) is 0 Å². The number of benzene rings is 1. The number of hydrogen-bond acceptors (Lipinski definition) is 1. The molecule has 1 aromatic rings. The van der Waals surface area contributed by atoms with E-state index < -0.39 is 0 Å². The summed E-state index contributed by atoms with van der Waals surface area (Å²) in [7, 11) is 2.15. The molecule has 0 N–H and O–H groups in total. The van der Waals surface area contributed by atoms with Crippen LogP contribution >= 0.6 is 0 Å². The lowest BCUT2D eigenvalue weighted by Crippen LogP contribution is -2.17. The molecule has 0 amide bonds. The van der Waals surface area contributed by atoms with Gasteiger partial charge in [0.25, 0.3) is 0 Å². The van der Waals surface area contributed by atoms with E-state index in [0.717, 1.165) is 13.1 Å². The van der Waals surface area contributed by atoms with E-state index in [4.69, 9.17) is 0 Å². The Morgan fingerprint density at radius 2 is 1.86 bits per heavy atom. The van der Waals surface area contributed by atoms with Crippen molar-refractivity contribution < 1.29 is 0 Å². The molecule has 0 fully saturated rings. The Kier molecular flexibility index (Phi) is 4.41. The second-order valence-corrected chi connectivity index (χ2v) is 3.96. The zero-order valence-corrected chi connectivity index (χ0v) is 9.33. The summed E-state index contributed by atoms with van der Waals surface area (Å²) in [5.41, 5.74) is 2.75. The van der Waals surface area contributed by atoms with Gasteiger partial charge in [0.1, 0.15) is 0 Å². The lowest BCUT2D eigenvalue weighted by atomic mass is 10.2. The van der Waals surface area contributed by atoms with Crippen molar-refractivity contribution in [1.29, 1.82) is 0 Å². The molecule has 0 bridgehead atoms. The first-order valence-corrected chi connectivity index (χ1v) is 5.04. The van der Waals surface area contributed by atoms with Gasteiger partial charge in [-0.2, -0.15) is 0 Å². The van der Waals surface area contributed by atoms with Crippen molar-refractivity contribution in [2.45, 2.75) is 20.4 Å². The minimum Gasteiger partial charge on any atom is -0.298 e. The molecule has 1 rings (SSSR count). The van der Waals surface area contributed by atoms with Crippen LogP contribution in [0.1, 0.15) is 19.4 Å². The van der Waals surface area contributed by atoms with Crippen molar-refractivity contribution in [2.75, 3.05) is 13.6 Å². The van der Waals surface area contributed by atoms with Crippen LogP contribution in [0.25, 0.3) is 0 Å². The van der Waals surface area contributed by atoms with Crippen molar-refractivity contribution >= 4 is 0 Å². The van der Waals surface area contributed by atoms with Gasteiger partial charge in [0.2, 0.25) is 0 Å². The number of hydrogen-bond donors (Lipinski definition) is 0. The number of rotatable bonds is 4. The summed E-state index contributed by atoms with van der Waals surface area (Å²) in [6.45, 7) is 6.31. The molecule has 0 aliphatic rings. The fourth-order valence-electron chi connectivity index (χ4n) is 1.30. The maximum atomic E-state index is 2.31.